The van der Waals surface area contributed by atoms with E-state index in [2.05, 4.69) is 0 Å². The maximum absolute atomic E-state index is 13.8. The van der Waals surface area contributed by atoms with Gasteiger partial charge in [-0.15, -0.1) is 0 Å². The van der Waals surface area contributed by atoms with Crippen LogP contribution in [0.3, 0.4) is 0 Å². The highest BCUT2D eigenvalue weighted by Gasteiger charge is 2.35. The number of rotatable bonds is 11. The summed E-state index contributed by atoms with van der Waals surface area (Å²) in [5.41, 5.74) is 0.616. The lowest BCUT2D eigenvalue weighted by atomic mass is 10.00. The Kier molecular flexibility index (Phi) is 9.62. The molecule has 1 amide bonds. The smallest absolute Gasteiger partial charge is 0.328 e. The van der Waals surface area contributed by atoms with Crippen LogP contribution in [0.5, 0.6) is 28.7 Å². The van der Waals surface area contributed by atoms with Gasteiger partial charge in [-0.05, 0) is 67.3 Å². The summed E-state index contributed by atoms with van der Waals surface area (Å²) in [6.45, 7) is 0.411. The minimum absolute atomic E-state index is 0.0138. The quantitative estimate of drug-likeness (QED) is 0.176. The lowest BCUT2D eigenvalue weighted by molar-refractivity contribution is -0.384. The molecule has 1 atom stereocenters. The Morgan fingerprint density at radius 3 is 2.27 bits per heavy atom. The number of nitro groups is 1. The van der Waals surface area contributed by atoms with Crippen molar-refractivity contribution in [3.63, 3.8) is 0 Å². The maximum Gasteiger partial charge on any atom is 0.328 e. The number of benzene rings is 3. The van der Waals surface area contributed by atoms with Crippen molar-refractivity contribution in [2.24, 2.45) is 0 Å². The summed E-state index contributed by atoms with van der Waals surface area (Å²) in [5, 5.41) is 11.5. The molecule has 3 aromatic carbocycles. The van der Waals surface area contributed by atoms with Crippen molar-refractivity contribution in [2.45, 2.75) is 31.7 Å². The summed E-state index contributed by atoms with van der Waals surface area (Å²) in [5.74, 6) is 1.28. The van der Waals surface area contributed by atoms with E-state index in [4.69, 9.17) is 23.7 Å². The summed E-state index contributed by atoms with van der Waals surface area (Å²) in [6.07, 6.45) is 2.29. The van der Waals surface area contributed by atoms with Gasteiger partial charge in [0.05, 0.1) is 38.4 Å². The number of likely N-dealkylation sites (tertiary alicyclic amines) is 1. The second-order valence-corrected chi connectivity index (χ2v) is 9.33. The van der Waals surface area contributed by atoms with Crippen LogP contribution in [0.2, 0.25) is 0 Å². The number of ether oxygens (including phenoxy) is 5. The first-order valence-corrected chi connectivity index (χ1v) is 13.1. The standard InChI is InChI=1S/C30H32N2O9/c1-37-22-9-11-23(12-10-22)41-26-14-8-21(32(35)36)19-24(26)29(33)31-16-5-4-6-25(31)30(34)40-17-15-20-7-13-27(38-2)28(18-20)39-3/h7-14,18-19,25H,4-6,15-17H2,1-3H3. The summed E-state index contributed by atoms with van der Waals surface area (Å²) < 4.78 is 27.3. The molecule has 3 aromatic rings. The number of amides is 1. The van der Waals surface area contributed by atoms with Gasteiger partial charge in [0.25, 0.3) is 11.6 Å². The number of hydrogen-bond acceptors (Lipinski definition) is 9. The zero-order chi connectivity index (χ0) is 29.4. The average molecular weight is 565 g/mol. The number of nitro benzene ring substituents is 1. The van der Waals surface area contributed by atoms with Crippen LogP contribution in [-0.2, 0) is 16.0 Å². The van der Waals surface area contributed by atoms with E-state index in [0.717, 1.165) is 12.0 Å². The molecule has 0 aromatic heterocycles. The van der Waals surface area contributed by atoms with E-state index in [9.17, 15) is 19.7 Å². The van der Waals surface area contributed by atoms with E-state index >= 15 is 0 Å². The normalized spacial score (nSPS) is 14.6. The molecule has 216 valence electrons. The SMILES string of the molecule is COc1ccc(Oc2ccc([N+](=O)[O-])cc2C(=O)N2CCCCC2C(=O)OCCc2ccc(OC)c(OC)c2)cc1. The number of carbonyl (C=O) groups is 2. The van der Waals surface area contributed by atoms with Crippen molar-refractivity contribution in [3.8, 4) is 28.7 Å². The van der Waals surface area contributed by atoms with Crippen LogP contribution in [0.1, 0.15) is 35.2 Å². The van der Waals surface area contributed by atoms with Gasteiger partial charge in [-0.2, -0.15) is 0 Å². The Bertz CT molecular complexity index is 1390. The lowest BCUT2D eigenvalue weighted by Gasteiger charge is -2.34. The van der Waals surface area contributed by atoms with E-state index in [1.165, 1.54) is 23.1 Å². The topological polar surface area (TPSA) is 127 Å². The molecule has 1 fully saturated rings. The first-order chi connectivity index (χ1) is 19.8. The molecule has 11 nitrogen and oxygen atoms in total. The predicted octanol–water partition coefficient (Wildman–Crippen LogP) is 5.19. The predicted molar refractivity (Wildman–Crippen MR) is 149 cm³/mol. The fourth-order valence-electron chi connectivity index (χ4n) is 4.63. The molecule has 1 aliphatic rings. The molecule has 0 aliphatic carbocycles. The Labute approximate surface area is 237 Å². The number of esters is 1. The zero-order valence-electron chi connectivity index (χ0n) is 23.2. The molecule has 41 heavy (non-hydrogen) atoms. The molecule has 1 aliphatic heterocycles. The number of nitrogens with zero attached hydrogens (tertiary/aromatic N) is 2. The Morgan fingerprint density at radius 2 is 1.59 bits per heavy atom. The third kappa shape index (κ3) is 7.05. The third-order valence-electron chi connectivity index (χ3n) is 6.81. The zero-order valence-corrected chi connectivity index (χ0v) is 23.2. The number of piperidine rings is 1. The van der Waals surface area contributed by atoms with Gasteiger partial charge >= 0.3 is 5.97 Å². The highest BCUT2D eigenvalue weighted by molar-refractivity contribution is 6.00. The van der Waals surface area contributed by atoms with Gasteiger partial charge in [0.1, 0.15) is 23.3 Å². The summed E-state index contributed by atoms with van der Waals surface area (Å²) in [7, 11) is 4.64. The third-order valence-corrected chi connectivity index (χ3v) is 6.81. The summed E-state index contributed by atoms with van der Waals surface area (Å²) in [4.78, 5) is 39.3. The van der Waals surface area contributed by atoms with Gasteiger partial charge in [-0.1, -0.05) is 6.07 Å². The van der Waals surface area contributed by atoms with E-state index in [1.807, 2.05) is 12.1 Å². The van der Waals surface area contributed by atoms with Crippen molar-refractivity contribution in [3.05, 3.63) is 81.9 Å². The van der Waals surface area contributed by atoms with Gasteiger partial charge < -0.3 is 28.6 Å². The van der Waals surface area contributed by atoms with Crippen molar-refractivity contribution >= 4 is 17.6 Å². The fourth-order valence-corrected chi connectivity index (χ4v) is 4.63. The molecule has 4 rings (SSSR count). The summed E-state index contributed by atoms with van der Waals surface area (Å²) >= 11 is 0. The number of non-ortho nitro benzene ring substituents is 1. The molecule has 0 bridgehead atoms. The van der Waals surface area contributed by atoms with E-state index in [-0.39, 0.29) is 23.6 Å². The molecule has 11 heteroatoms. The fraction of sp³-hybridized carbons (Fsp3) is 0.333. The van der Waals surface area contributed by atoms with Gasteiger partial charge in [0, 0.05) is 25.1 Å². The van der Waals surface area contributed by atoms with Crippen LogP contribution >= 0.6 is 0 Å². The Balaban J connectivity index is 1.50. The lowest BCUT2D eigenvalue weighted by Crippen LogP contribution is -2.48. The molecule has 1 unspecified atom stereocenters. The molecule has 0 spiro atoms. The van der Waals surface area contributed by atoms with E-state index in [1.54, 1.807) is 51.7 Å². The Hall–Kier alpha value is -4.80. The minimum atomic E-state index is -0.824. The Morgan fingerprint density at radius 1 is 0.878 bits per heavy atom. The number of methoxy groups -OCH3 is 3. The highest BCUT2D eigenvalue weighted by Crippen LogP contribution is 2.33. The second-order valence-electron chi connectivity index (χ2n) is 9.33. The van der Waals surface area contributed by atoms with Gasteiger partial charge in [-0.3, -0.25) is 14.9 Å². The largest absolute Gasteiger partial charge is 0.497 e. The van der Waals surface area contributed by atoms with Crippen molar-refractivity contribution in [1.29, 1.82) is 0 Å². The molecule has 1 heterocycles. The van der Waals surface area contributed by atoms with Gasteiger partial charge in [0.15, 0.2) is 11.5 Å². The number of hydrogen-bond donors (Lipinski definition) is 0. The molecule has 1 saturated heterocycles. The highest BCUT2D eigenvalue weighted by atomic mass is 16.6. The second kappa shape index (κ2) is 13.5. The summed E-state index contributed by atoms with van der Waals surface area (Å²) in [6, 6.07) is 15.2. The molecule has 0 saturated carbocycles. The van der Waals surface area contributed by atoms with E-state index < -0.39 is 22.8 Å². The van der Waals surface area contributed by atoms with Crippen LogP contribution in [0.25, 0.3) is 0 Å². The van der Waals surface area contributed by atoms with Crippen molar-refractivity contribution in [1.82, 2.24) is 4.90 Å². The van der Waals surface area contributed by atoms with Crippen molar-refractivity contribution in [2.75, 3.05) is 34.5 Å². The van der Waals surface area contributed by atoms with Crippen LogP contribution in [0.15, 0.2) is 60.7 Å². The average Bonchev–Trinajstić information content (AvgIpc) is 3.01. The molecule has 0 radical (unpaired) electrons. The van der Waals surface area contributed by atoms with E-state index in [0.29, 0.717) is 48.8 Å². The molecular weight excluding hydrogens is 532 g/mol. The monoisotopic (exact) mass is 564 g/mol. The van der Waals surface area contributed by atoms with Gasteiger partial charge in [-0.25, -0.2) is 4.79 Å². The molecular formula is C30H32N2O9. The molecule has 0 N–H and O–H groups in total. The van der Waals surface area contributed by atoms with Gasteiger partial charge in [0.2, 0.25) is 0 Å². The number of carbonyl (C=O) groups excluding carboxylic acids is 2. The first-order valence-electron chi connectivity index (χ1n) is 13.1. The minimum Gasteiger partial charge on any atom is -0.497 e. The van der Waals surface area contributed by atoms with Crippen LogP contribution in [0, 0.1) is 10.1 Å². The van der Waals surface area contributed by atoms with Crippen molar-refractivity contribution < 1.29 is 38.2 Å². The van der Waals surface area contributed by atoms with Crippen LogP contribution in [-0.4, -0.2) is 62.2 Å². The van der Waals surface area contributed by atoms with Crippen LogP contribution in [0.4, 0.5) is 5.69 Å². The maximum atomic E-state index is 13.8. The first kappa shape index (κ1) is 29.2. The van der Waals surface area contributed by atoms with Crippen LogP contribution < -0.4 is 18.9 Å².